The van der Waals surface area contributed by atoms with Crippen molar-refractivity contribution in [3.05, 3.63) is 70.1 Å². The van der Waals surface area contributed by atoms with Crippen molar-refractivity contribution < 1.29 is 28.2 Å². The first kappa shape index (κ1) is 22.7. The zero-order valence-corrected chi connectivity index (χ0v) is 20.2. The summed E-state index contributed by atoms with van der Waals surface area (Å²) in [5.41, 5.74) is 2.25. The van der Waals surface area contributed by atoms with E-state index in [0.717, 1.165) is 11.1 Å². The third-order valence-electron chi connectivity index (χ3n) is 5.38. The highest BCUT2D eigenvalue weighted by Crippen LogP contribution is 2.42. The van der Waals surface area contributed by atoms with E-state index in [0.29, 0.717) is 39.8 Å². The van der Waals surface area contributed by atoms with Gasteiger partial charge in [0.05, 0.1) is 40.2 Å². The Morgan fingerprint density at radius 2 is 1.73 bits per heavy atom. The number of methoxy groups -OCH3 is 4. The summed E-state index contributed by atoms with van der Waals surface area (Å²) in [6, 6.07) is 13.9. The number of para-hydroxylation sites is 1. The van der Waals surface area contributed by atoms with Gasteiger partial charge in [-0.2, -0.15) is 5.10 Å². The number of ether oxygens (including phenoxy) is 4. The normalized spacial score (nSPS) is 15.2. The van der Waals surface area contributed by atoms with Gasteiger partial charge < -0.3 is 23.4 Å². The number of nitrogens with zero attached hydrogens (tertiary/aromatic N) is 2. The Kier molecular flexibility index (Phi) is 6.60. The van der Waals surface area contributed by atoms with E-state index in [1.54, 1.807) is 46.6 Å². The van der Waals surface area contributed by atoms with E-state index in [1.165, 1.54) is 5.01 Å². The molecular weight excluding hydrogens is 492 g/mol. The minimum Gasteiger partial charge on any atom is -0.497 e. The summed E-state index contributed by atoms with van der Waals surface area (Å²) < 4.78 is 27.9. The molecule has 2 aromatic carbocycles. The van der Waals surface area contributed by atoms with Gasteiger partial charge in [0.25, 0.3) is 0 Å². The third kappa shape index (κ3) is 4.41. The smallest absolute Gasteiger partial charge is 0.310 e. The summed E-state index contributed by atoms with van der Waals surface area (Å²) in [6.07, 6.45) is 0.438. The highest BCUT2D eigenvalue weighted by Gasteiger charge is 2.37. The maximum atomic E-state index is 13.4. The number of furan rings is 1. The summed E-state index contributed by atoms with van der Waals surface area (Å²) in [6.45, 7) is 0. The van der Waals surface area contributed by atoms with E-state index in [9.17, 15) is 4.79 Å². The zero-order valence-electron chi connectivity index (χ0n) is 18.6. The molecule has 1 aliphatic heterocycles. The van der Waals surface area contributed by atoms with Crippen LogP contribution in [0.4, 0.5) is 0 Å². The van der Waals surface area contributed by atoms with E-state index in [-0.39, 0.29) is 11.7 Å². The number of hydrazone groups is 1. The molecule has 8 nitrogen and oxygen atoms in total. The number of rotatable bonds is 7. The highest BCUT2D eigenvalue weighted by atomic mass is 79.9. The molecule has 0 aliphatic carbocycles. The van der Waals surface area contributed by atoms with Crippen molar-refractivity contribution >= 4 is 27.5 Å². The zero-order chi connectivity index (χ0) is 23.5. The molecule has 33 heavy (non-hydrogen) atoms. The van der Waals surface area contributed by atoms with Crippen molar-refractivity contribution in [3.8, 4) is 23.0 Å². The van der Waals surface area contributed by atoms with Gasteiger partial charge in [0.2, 0.25) is 0 Å². The van der Waals surface area contributed by atoms with Gasteiger partial charge in [0.1, 0.15) is 11.5 Å². The molecule has 0 saturated carbocycles. The van der Waals surface area contributed by atoms with Crippen LogP contribution in [0.1, 0.15) is 34.1 Å². The van der Waals surface area contributed by atoms with Crippen LogP contribution in [0.15, 0.2) is 62.7 Å². The third-order valence-corrected chi connectivity index (χ3v) is 5.81. The Balaban J connectivity index is 1.82. The van der Waals surface area contributed by atoms with Crippen molar-refractivity contribution in [2.45, 2.75) is 12.5 Å². The van der Waals surface area contributed by atoms with E-state index in [1.807, 2.05) is 30.3 Å². The number of carbonyl (C=O) groups is 1. The second-order valence-electron chi connectivity index (χ2n) is 7.20. The average molecular weight is 515 g/mol. The van der Waals surface area contributed by atoms with E-state index in [2.05, 4.69) is 15.9 Å². The largest absolute Gasteiger partial charge is 0.497 e. The maximum Gasteiger partial charge on any atom is 0.310 e. The monoisotopic (exact) mass is 514 g/mol. The van der Waals surface area contributed by atoms with Crippen LogP contribution in [0.5, 0.6) is 23.0 Å². The number of amides is 1. The lowest BCUT2D eigenvalue weighted by Crippen LogP contribution is -2.27. The number of hydrogen-bond donors (Lipinski definition) is 0. The molecule has 0 N–H and O–H groups in total. The Morgan fingerprint density at radius 3 is 2.30 bits per heavy atom. The van der Waals surface area contributed by atoms with Crippen LogP contribution in [-0.4, -0.2) is 45.1 Å². The SMILES string of the molecule is COc1cc(OC)cc(C2=NN(C(=O)c3ccc(Br)o3)[C@H](c3cccc(OC)c3OC)C2)c1. The van der Waals surface area contributed by atoms with Crippen molar-refractivity contribution in [2.24, 2.45) is 5.10 Å². The van der Waals surface area contributed by atoms with Crippen molar-refractivity contribution in [1.82, 2.24) is 5.01 Å². The Bertz CT molecular complexity index is 1180. The van der Waals surface area contributed by atoms with Crippen molar-refractivity contribution in [1.29, 1.82) is 0 Å². The molecular formula is C24H23BrN2O6. The fourth-order valence-corrected chi connectivity index (χ4v) is 4.11. The second kappa shape index (κ2) is 9.58. The molecule has 4 rings (SSSR count). The average Bonchev–Trinajstić information content (AvgIpc) is 3.49. The molecule has 1 amide bonds. The molecule has 1 aromatic heterocycles. The van der Waals surface area contributed by atoms with Gasteiger partial charge in [-0.15, -0.1) is 0 Å². The van der Waals surface area contributed by atoms with Gasteiger partial charge in [0.15, 0.2) is 21.9 Å². The van der Waals surface area contributed by atoms with Crippen molar-refractivity contribution in [2.75, 3.05) is 28.4 Å². The van der Waals surface area contributed by atoms with Crippen LogP contribution in [0.25, 0.3) is 0 Å². The Labute approximate surface area is 199 Å². The topological polar surface area (TPSA) is 82.7 Å². The standard InChI is InChI=1S/C24H23BrN2O6/c1-29-15-10-14(11-16(12-15)30-2)18-13-19(17-6-5-7-20(31-3)23(17)32-4)27(26-18)24(28)21-8-9-22(25)33-21/h5-12,19H,13H2,1-4H3/t19-/m0/s1. The van der Waals surface area contributed by atoms with Crippen LogP contribution in [0, 0.1) is 0 Å². The molecule has 1 aliphatic rings. The molecule has 0 spiro atoms. The fraction of sp³-hybridized carbons (Fsp3) is 0.250. The molecule has 0 unspecified atom stereocenters. The van der Waals surface area contributed by atoms with Crippen LogP contribution < -0.4 is 18.9 Å². The van der Waals surface area contributed by atoms with Gasteiger partial charge in [0, 0.05) is 23.6 Å². The van der Waals surface area contributed by atoms with Crippen LogP contribution in [0.3, 0.4) is 0 Å². The number of benzene rings is 2. The first-order valence-electron chi connectivity index (χ1n) is 10.1. The molecule has 0 fully saturated rings. The summed E-state index contributed by atoms with van der Waals surface area (Å²) in [7, 11) is 6.32. The Morgan fingerprint density at radius 1 is 1.00 bits per heavy atom. The molecule has 0 bridgehead atoms. The minimum atomic E-state index is -0.446. The predicted molar refractivity (Wildman–Crippen MR) is 126 cm³/mol. The van der Waals surface area contributed by atoms with Gasteiger partial charge in [-0.3, -0.25) is 4.79 Å². The molecule has 0 saturated heterocycles. The molecule has 1 atom stereocenters. The highest BCUT2D eigenvalue weighted by molar-refractivity contribution is 9.10. The Hall–Kier alpha value is -3.46. The van der Waals surface area contributed by atoms with Crippen LogP contribution >= 0.6 is 15.9 Å². The molecule has 2 heterocycles. The fourth-order valence-electron chi connectivity index (χ4n) is 3.80. The van der Waals surface area contributed by atoms with Gasteiger partial charge >= 0.3 is 5.91 Å². The summed E-state index contributed by atoms with van der Waals surface area (Å²) in [5, 5.41) is 6.12. The maximum absolute atomic E-state index is 13.4. The van der Waals surface area contributed by atoms with Crippen LogP contribution in [-0.2, 0) is 0 Å². The molecule has 172 valence electrons. The van der Waals surface area contributed by atoms with E-state index >= 15 is 0 Å². The van der Waals surface area contributed by atoms with Crippen molar-refractivity contribution in [3.63, 3.8) is 0 Å². The number of carbonyl (C=O) groups excluding carboxylic acids is 1. The number of hydrogen-bond acceptors (Lipinski definition) is 7. The second-order valence-corrected chi connectivity index (χ2v) is 7.99. The van der Waals surface area contributed by atoms with Gasteiger partial charge in [-0.1, -0.05) is 12.1 Å². The quantitative estimate of drug-likeness (QED) is 0.437. The van der Waals surface area contributed by atoms with Gasteiger partial charge in [-0.25, -0.2) is 5.01 Å². The lowest BCUT2D eigenvalue weighted by atomic mass is 9.97. The summed E-state index contributed by atoms with van der Waals surface area (Å²) >= 11 is 3.25. The van der Waals surface area contributed by atoms with Gasteiger partial charge in [-0.05, 0) is 46.3 Å². The van der Waals surface area contributed by atoms with E-state index in [4.69, 9.17) is 28.5 Å². The molecule has 9 heteroatoms. The minimum absolute atomic E-state index is 0.168. The summed E-state index contributed by atoms with van der Waals surface area (Å²) in [5.74, 6) is 2.16. The lowest BCUT2D eigenvalue weighted by molar-refractivity contribution is 0.0675. The first-order valence-corrected chi connectivity index (χ1v) is 10.9. The summed E-state index contributed by atoms with van der Waals surface area (Å²) in [4.78, 5) is 13.4. The van der Waals surface area contributed by atoms with E-state index < -0.39 is 6.04 Å². The lowest BCUT2D eigenvalue weighted by Gasteiger charge is -2.23. The molecule has 3 aromatic rings. The first-order chi connectivity index (χ1) is 16.0. The predicted octanol–water partition coefficient (Wildman–Crippen LogP) is 5.07. The van der Waals surface area contributed by atoms with Crippen LogP contribution in [0.2, 0.25) is 0 Å². The molecule has 0 radical (unpaired) electrons. The number of halogens is 1.